The van der Waals surface area contributed by atoms with E-state index in [0.717, 1.165) is 5.56 Å². The number of rotatable bonds is 11. The molecular formula is C21H28N2O6S. The molecule has 2 N–H and O–H groups in total. The molecule has 0 spiro atoms. The first-order chi connectivity index (χ1) is 14.3. The van der Waals surface area contributed by atoms with Crippen molar-refractivity contribution in [1.82, 2.24) is 10.0 Å². The van der Waals surface area contributed by atoms with Gasteiger partial charge in [0.1, 0.15) is 5.75 Å². The van der Waals surface area contributed by atoms with E-state index in [4.69, 9.17) is 14.2 Å². The Bertz CT molecular complexity index is 944. The Morgan fingerprint density at radius 2 is 1.70 bits per heavy atom. The molecular weight excluding hydrogens is 408 g/mol. The molecule has 8 nitrogen and oxygen atoms in total. The summed E-state index contributed by atoms with van der Waals surface area (Å²) in [7, 11) is -0.471. The minimum absolute atomic E-state index is 0.146. The minimum Gasteiger partial charge on any atom is -0.493 e. The number of amides is 1. The highest BCUT2D eigenvalue weighted by Gasteiger charge is 2.16. The molecule has 2 aromatic carbocycles. The smallest absolute Gasteiger partial charge is 0.258 e. The molecule has 0 radical (unpaired) electrons. The summed E-state index contributed by atoms with van der Waals surface area (Å²) >= 11 is 0. The zero-order chi connectivity index (χ0) is 22.1. The van der Waals surface area contributed by atoms with Gasteiger partial charge in [0.25, 0.3) is 5.91 Å². The van der Waals surface area contributed by atoms with Crippen molar-refractivity contribution in [1.29, 1.82) is 0 Å². The molecule has 0 aliphatic carbocycles. The van der Waals surface area contributed by atoms with Crippen LogP contribution < -0.4 is 24.2 Å². The molecule has 1 amide bonds. The van der Waals surface area contributed by atoms with Gasteiger partial charge in [0.05, 0.1) is 19.1 Å². The maximum Gasteiger partial charge on any atom is 0.258 e. The first kappa shape index (κ1) is 23.5. The van der Waals surface area contributed by atoms with E-state index in [2.05, 4.69) is 10.0 Å². The van der Waals surface area contributed by atoms with E-state index < -0.39 is 10.0 Å². The van der Waals surface area contributed by atoms with Gasteiger partial charge >= 0.3 is 0 Å². The van der Waals surface area contributed by atoms with E-state index in [-0.39, 0.29) is 23.5 Å². The van der Waals surface area contributed by atoms with Crippen molar-refractivity contribution < 1.29 is 27.4 Å². The third-order valence-electron chi connectivity index (χ3n) is 4.41. The molecule has 0 heterocycles. The number of ether oxygens (including phenoxy) is 3. The number of methoxy groups -OCH3 is 2. The lowest BCUT2D eigenvalue weighted by Crippen LogP contribution is -2.32. The van der Waals surface area contributed by atoms with E-state index in [1.165, 1.54) is 24.3 Å². The van der Waals surface area contributed by atoms with Crippen molar-refractivity contribution in [3.05, 3.63) is 48.0 Å². The highest BCUT2D eigenvalue weighted by atomic mass is 32.2. The van der Waals surface area contributed by atoms with Gasteiger partial charge in [-0.3, -0.25) is 4.79 Å². The topological polar surface area (TPSA) is 103 Å². The highest BCUT2D eigenvalue weighted by molar-refractivity contribution is 7.89. The quantitative estimate of drug-likeness (QED) is 0.561. The summed E-state index contributed by atoms with van der Waals surface area (Å²) < 4.78 is 43.0. The first-order valence-electron chi connectivity index (χ1n) is 9.51. The SMILES string of the molecule is CC[C@@H](C)NS(=O)(=O)c1ccc(OCC(=O)NCc2ccc(OC)c(OC)c2)cc1. The molecule has 2 rings (SSSR count). The Labute approximate surface area is 177 Å². The summed E-state index contributed by atoms with van der Waals surface area (Å²) in [5.74, 6) is 1.29. The molecule has 30 heavy (non-hydrogen) atoms. The minimum atomic E-state index is -3.57. The van der Waals surface area contributed by atoms with Gasteiger partial charge < -0.3 is 19.5 Å². The fraction of sp³-hybridized carbons (Fsp3) is 0.381. The summed E-state index contributed by atoms with van der Waals surface area (Å²) in [5.41, 5.74) is 0.851. The van der Waals surface area contributed by atoms with E-state index in [9.17, 15) is 13.2 Å². The maximum atomic E-state index is 12.3. The molecule has 0 unspecified atom stereocenters. The molecule has 0 saturated heterocycles. The number of sulfonamides is 1. The summed E-state index contributed by atoms with van der Waals surface area (Å²) in [5, 5.41) is 2.76. The number of carbonyl (C=O) groups excluding carboxylic acids is 1. The predicted octanol–water partition coefficient (Wildman–Crippen LogP) is 2.48. The van der Waals surface area contributed by atoms with Gasteiger partial charge in [0, 0.05) is 12.6 Å². The van der Waals surface area contributed by atoms with Crippen LogP contribution in [0.1, 0.15) is 25.8 Å². The first-order valence-corrected chi connectivity index (χ1v) is 11.0. The van der Waals surface area contributed by atoms with E-state index >= 15 is 0 Å². The Morgan fingerprint density at radius 1 is 1.03 bits per heavy atom. The Balaban J connectivity index is 1.86. The van der Waals surface area contributed by atoms with Gasteiger partial charge in [-0.25, -0.2) is 13.1 Å². The number of nitrogens with one attached hydrogen (secondary N) is 2. The van der Waals surface area contributed by atoms with Crippen LogP contribution in [0.3, 0.4) is 0 Å². The lowest BCUT2D eigenvalue weighted by Gasteiger charge is -2.13. The fourth-order valence-corrected chi connectivity index (χ4v) is 3.85. The van der Waals surface area contributed by atoms with Crippen LogP contribution in [0.5, 0.6) is 17.2 Å². The molecule has 0 aliphatic heterocycles. The summed E-state index contributed by atoms with van der Waals surface area (Å²) in [4.78, 5) is 12.2. The van der Waals surface area contributed by atoms with E-state index in [1.807, 2.05) is 13.0 Å². The lowest BCUT2D eigenvalue weighted by atomic mass is 10.2. The van der Waals surface area contributed by atoms with Crippen LogP contribution in [0.2, 0.25) is 0 Å². The zero-order valence-corrected chi connectivity index (χ0v) is 18.4. The van der Waals surface area contributed by atoms with Gasteiger partial charge in [-0.1, -0.05) is 13.0 Å². The molecule has 0 bridgehead atoms. The van der Waals surface area contributed by atoms with Gasteiger partial charge in [0.15, 0.2) is 18.1 Å². The molecule has 0 fully saturated rings. The Morgan fingerprint density at radius 3 is 2.30 bits per heavy atom. The van der Waals surface area contributed by atoms with Gasteiger partial charge in [-0.15, -0.1) is 0 Å². The fourth-order valence-electron chi connectivity index (χ4n) is 2.52. The van der Waals surface area contributed by atoms with Crippen LogP contribution in [0.25, 0.3) is 0 Å². The van der Waals surface area contributed by atoms with Gasteiger partial charge in [-0.2, -0.15) is 0 Å². The number of benzene rings is 2. The Hall–Kier alpha value is -2.78. The largest absolute Gasteiger partial charge is 0.493 e. The van der Waals surface area contributed by atoms with E-state index in [0.29, 0.717) is 30.2 Å². The van der Waals surface area contributed by atoms with Crippen LogP contribution in [0.15, 0.2) is 47.4 Å². The molecule has 164 valence electrons. The third kappa shape index (κ3) is 6.64. The molecule has 0 aromatic heterocycles. The average Bonchev–Trinajstić information content (AvgIpc) is 2.75. The number of hydrogen-bond acceptors (Lipinski definition) is 6. The van der Waals surface area contributed by atoms with Crippen molar-refractivity contribution in [3.8, 4) is 17.2 Å². The predicted molar refractivity (Wildman–Crippen MR) is 113 cm³/mol. The second-order valence-electron chi connectivity index (χ2n) is 6.66. The summed E-state index contributed by atoms with van der Waals surface area (Å²) in [6, 6.07) is 11.2. The molecule has 0 saturated carbocycles. The van der Waals surface area contributed by atoms with Gasteiger partial charge in [-0.05, 0) is 55.3 Å². The normalized spacial score (nSPS) is 12.1. The molecule has 2 aromatic rings. The Kier molecular flexibility index (Phi) is 8.49. The van der Waals surface area contributed by atoms with Crippen LogP contribution in [0.4, 0.5) is 0 Å². The van der Waals surface area contributed by atoms with Crippen LogP contribution in [-0.4, -0.2) is 41.2 Å². The third-order valence-corrected chi connectivity index (χ3v) is 6.02. The summed E-state index contributed by atoms with van der Waals surface area (Å²) in [6.45, 7) is 3.82. The van der Waals surface area contributed by atoms with Crippen molar-refractivity contribution in [2.75, 3.05) is 20.8 Å². The van der Waals surface area contributed by atoms with Crippen molar-refractivity contribution >= 4 is 15.9 Å². The number of carbonyl (C=O) groups is 1. The number of hydrogen-bond donors (Lipinski definition) is 2. The highest BCUT2D eigenvalue weighted by Crippen LogP contribution is 2.27. The lowest BCUT2D eigenvalue weighted by molar-refractivity contribution is -0.123. The second-order valence-corrected chi connectivity index (χ2v) is 8.37. The monoisotopic (exact) mass is 436 g/mol. The standard InChI is InChI=1S/C21H28N2O6S/c1-5-15(2)23-30(25,26)18-9-7-17(8-10-18)29-14-21(24)22-13-16-6-11-19(27-3)20(12-16)28-4/h6-12,15,23H,5,13-14H2,1-4H3,(H,22,24)/t15-/m1/s1. The second kappa shape index (κ2) is 10.8. The van der Waals surface area contributed by atoms with Crippen LogP contribution in [-0.2, 0) is 21.4 Å². The van der Waals surface area contributed by atoms with Crippen molar-refractivity contribution in [2.45, 2.75) is 37.8 Å². The van der Waals surface area contributed by atoms with Crippen molar-refractivity contribution in [3.63, 3.8) is 0 Å². The average molecular weight is 437 g/mol. The van der Waals surface area contributed by atoms with Crippen molar-refractivity contribution in [2.24, 2.45) is 0 Å². The zero-order valence-electron chi connectivity index (χ0n) is 17.6. The summed E-state index contributed by atoms with van der Waals surface area (Å²) in [6.07, 6.45) is 0.693. The van der Waals surface area contributed by atoms with E-state index in [1.54, 1.807) is 33.3 Å². The van der Waals surface area contributed by atoms with Crippen LogP contribution in [0, 0.1) is 0 Å². The van der Waals surface area contributed by atoms with Crippen LogP contribution >= 0.6 is 0 Å². The molecule has 1 atom stereocenters. The van der Waals surface area contributed by atoms with Gasteiger partial charge in [0.2, 0.25) is 10.0 Å². The maximum absolute atomic E-state index is 12.3. The molecule has 0 aliphatic rings. The molecule has 9 heteroatoms.